The molecule has 40 heteroatoms. The van der Waals surface area contributed by atoms with E-state index in [4.69, 9.17) is 68.8 Å². The number of carboxylic acid groups (broad SMARTS) is 1. The van der Waals surface area contributed by atoms with Gasteiger partial charge in [-0.3, -0.25) is 77.5 Å². The first-order valence-electron chi connectivity index (χ1n) is 31.4. The van der Waals surface area contributed by atoms with Crippen molar-refractivity contribution in [2.24, 2.45) is 88.8 Å². The number of aliphatic imine (C=N–C) groups is 4. The van der Waals surface area contributed by atoms with Crippen molar-refractivity contribution in [2.45, 2.75) is 196 Å². The molecule has 1 rings (SSSR count). The number of nitrogens with one attached hydrogen (secondary N) is 9. The molecule has 0 aromatic heterocycles. The van der Waals surface area contributed by atoms with Crippen molar-refractivity contribution in [3.05, 3.63) is 0 Å². The summed E-state index contributed by atoms with van der Waals surface area (Å²) < 4.78 is 0. The molecule has 1 saturated heterocycles. The van der Waals surface area contributed by atoms with Crippen LogP contribution in [0.5, 0.6) is 0 Å². The summed E-state index contributed by atoms with van der Waals surface area (Å²) >= 11 is 0. The van der Waals surface area contributed by atoms with Crippen LogP contribution in [0.1, 0.15) is 129 Å². The van der Waals surface area contributed by atoms with Gasteiger partial charge < -0.3 is 132 Å². The molecule has 1 fully saturated rings. The summed E-state index contributed by atoms with van der Waals surface area (Å²) in [5.41, 5.74) is 66.9. The predicted molar refractivity (Wildman–Crippen MR) is 350 cm³/mol. The lowest BCUT2D eigenvalue weighted by molar-refractivity contribution is -0.142. The lowest BCUT2D eigenvalue weighted by Gasteiger charge is -2.30. The van der Waals surface area contributed by atoms with Crippen LogP contribution < -0.4 is 117 Å². The Morgan fingerprint density at radius 3 is 1.07 bits per heavy atom. The van der Waals surface area contributed by atoms with Gasteiger partial charge in [0.2, 0.25) is 65.0 Å². The smallest absolute Gasteiger partial charge is 0.303 e. The van der Waals surface area contributed by atoms with Crippen molar-refractivity contribution < 1.29 is 67.7 Å². The first-order valence-corrected chi connectivity index (χ1v) is 31.4. The number of hydrogen-bond acceptors (Lipinski definition) is 20. The summed E-state index contributed by atoms with van der Waals surface area (Å²) in [6.07, 6.45) is -1.29. The van der Waals surface area contributed by atoms with Crippen molar-refractivity contribution >= 4 is 94.8 Å². The molecule has 40 nitrogen and oxygen atoms in total. The van der Waals surface area contributed by atoms with E-state index in [2.05, 4.69) is 67.8 Å². The molecule has 1 aliphatic heterocycles. The quantitative estimate of drug-likeness (QED) is 0.0153. The zero-order valence-corrected chi connectivity index (χ0v) is 54.2. The fourth-order valence-electron chi connectivity index (χ4n) is 9.46. The minimum Gasteiger partial charge on any atom is -0.481 e. The topological polar surface area (TPSA) is 718 Å². The van der Waals surface area contributed by atoms with Crippen LogP contribution in [0.3, 0.4) is 0 Å². The minimum absolute atomic E-state index is 0.0107. The minimum atomic E-state index is -1.73. The molecule has 95 heavy (non-hydrogen) atoms. The maximum atomic E-state index is 14.7. The Hall–Kier alpha value is -9.44. The standard InChI is InChI=1S/C55H104N26O14/c1-29(42(86)72-28-39(58)83)73-43(87)31(12-3-5-21-56)74-44(88)32(13-4-6-22-57)75-45(89)33(14-7-23-68-52(60)61)76-46(90)34(15-8-24-69-53(62)63)77-47(91)35(16-9-25-70-54(64)65)78-49(93)37(19-20-40(84)85)79-48(92)36(17-10-26-71-55(66)67)80-50(94)38-18-11-27-81(38)51(95)41(59)30(2)82/h29-38,41,82H,3-28,56-57,59H2,1-2H3,(H2,58,83)(H,72,86)(H,73,87)(H,74,88)(H,75,89)(H,76,90)(H,77,91)(H,78,93)(H,79,92)(H,80,94)(H,84,85)(H4,60,61,68)(H4,62,63,69)(H4,64,65,70)(H4,66,67,71)/t29-,30+,31-,32-,33-,34-,35-,36-,37-,38-,41-/m0/s1. The highest BCUT2D eigenvalue weighted by molar-refractivity contribution is 5.99. The maximum absolute atomic E-state index is 14.7. The Bertz CT molecular complexity index is 2650. The Labute approximate surface area is 550 Å². The average Bonchev–Trinajstić information content (AvgIpc) is 1.91. The molecule has 0 aromatic rings. The second-order valence-corrected chi connectivity index (χ2v) is 22.6. The SMILES string of the molecule is C[C@H](NC(=O)[C@H](CCCCN)NC(=O)[C@H](CCCCN)NC(=O)[C@H](CCCN=C(N)N)NC(=O)[C@H](CCCN=C(N)N)NC(=O)[C@H](CCCN=C(N)N)NC(=O)[C@H](CCC(=O)O)NC(=O)[C@H](CCCN=C(N)N)NC(=O)[C@@H]1CCCN1C(=O)[C@@H](N)[C@@H](C)O)C(=O)NCC(N)=O. The molecular weight excluding hydrogens is 1250 g/mol. The number of nitrogens with zero attached hydrogens (tertiary/aromatic N) is 5. The molecule has 0 bridgehead atoms. The van der Waals surface area contributed by atoms with Gasteiger partial charge in [0, 0.05) is 39.1 Å². The number of primary amides is 1. The van der Waals surface area contributed by atoms with E-state index in [1.807, 2.05) is 0 Å². The number of amides is 11. The molecule has 0 saturated carbocycles. The number of carboxylic acids is 1. The molecule has 538 valence electrons. The molecule has 0 aliphatic carbocycles. The zero-order valence-electron chi connectivity index (χ0n) is 54.2. The molecule has 35 N–H and O–H groups in total. The number of guanidine groups is 4. The van der Waals surface area contributed by atoms with Crippen LogP contribution >= 0.6 is 0 Å². The number of unbranched alkanes of at least 4 members (excludes halogenated alkanes) is 2. The molecule has 11 atom stereocenters. The summed E-state index contributed by atoms with van der Waals surface area (Å²) in [5.74, 6) is -12.3. The summed E-state index contributed by atoms with van der Waals surface area (Å²) in [4.78, 5) is 181. The van der Waals surface area contributed by atoms with Gasteiger partial charge in [0.25, 0.3) is 0 Å². The first kappa shape index (κ1) is 83.6. The second-order valence-electron chi connectivity index (χ2n) is 22.6. The molecule has 0 unspecified atom stereocenters. The fourth-order valence-corrected chi connectivity index (χ4v) is 9.46. The Morgan fingerprint density at radius 2 is 0.768 bits per heavy atom. The van der Waals surface area contributed by atoms with Crippen LogP contribution in [-0.4, -0.2) is 229 Å². The molecule has 0 radical (unpaired) electrons. The Kier molecular flexibility index (Phi) is 40.3. The molecule has 11 amide bonds. The highest BCUT2D eigenvalue weighted by Crippen LogP contribution is 2.20. The molecule has 1 aliphatic rings. The highest BCUT2D eigenvalue weighted by atomic mass is 16.4. The van der Waals surface area contributed by atoms with E-state index in [-0.39, 0.29) is 147 Å². The van der Waals surface area contributed by atoms with Gasteiger partial charge in [-0.05, 0) is 136 Å². The number of aliphatic hydroxyl groups excluding tert-OH is 1. The van der Waals surface area contributed by atoms with Gasteiger partial charge in [0.05, 0.1) is 12.6 Å². The lowest BCUT2D eigenvalue weighted by Crippen LogP contribution is -2.60. The molecule has 1 heterocycles. The Morgan fingerprint density at radius 1 is 0.453 bits per heavy atom. The molecule has 0 spiro atoms. The number of aliphatic carboxylic acids is 1. The van der Waals surface area contributed by atoms with E-state index >= 15 is 0 Å². The van der Waals surface area contributed by atoms with E-state index in [1.165, 1.54) is 18.7 Å². The van der Waals surface area contributed by atoms with Crippen molar-refractivity contribution in [1.29, 1.82) is 0 Å². The number of likely N-dealkylation sites (tertiary alicyclic amines) is 1. The Balaban J connectivity index is 3.86. The van der Waals surface area contributed by atoms with Crippen molar-refractivity contribution in [2.75, 3.05) is 52.4 Å². The van der Waals surface area contributed by atoms with E-state index in [0.717, 1.165) is 0 Å². The van der Waals surface area contributed by atoms with E-state index in [1.54, 1.807) is 0 Å². The lowest BCUT2D eigenvalue weighted by atomic mass is 10.0. The monoisotopic (exact) mass is 1350 g/mol. The second kappa shape index (κ2) is 45.8. The maximum Gasteiger partial charge on any atom is 0.303 e. The summed E-state index contributed by atoms with van der Waals surface area (Å²) in [6, 6.07) is -14.2. The van der Waals surface area contributed by atoms with E-state index < -0.39 is 157 Å². The van der Waals surface area contributed by atoms with Crippen LogP contribution in [0.4, 0.5) is 0 Å². The van der Waals surface area contributed by atoms with Gasteiger partial charge in [0.15, 0.2) is 23.8 Å². The van der Waals surface area contributed by atoms with Gasteiger partial charge in [-0.25, -0.2) is 0 Å². The van der Waals surface area contributed by atoms with Gasteiger partial charge in [0.1, 0.15) is 60.4 Å². The first-order chi connectivity index (χ1) is 44.8. The van der Waals surface area contributed by atoms with Crippen molar-refractivity contribution in [3.8, 4) is 0 Å². The van der Waals surface area contributed by atoms with Gasteiger partial charge >= 0.3 is 5.97 Å². The number of hydrogen-bond donors (Lipinski definition) is 23. The van der Waals surface area contributed by atoms with Crippen molar-refractivity contribution in [3.63, 3.8) is 0 Å². The average molecular weight is 1350 g/mol. The number of aliphatic hydroxyl groups is 1. The normalized spacial score (nSPS) is 15.6. The van der Waals surface area contributed by atoms with Crippen LogP contribution in [-0.2, 0) is 57.5 Å². The number of rotatable bonds is 48. The summed E-state index contributed by atoms with van der Waals surface area (Å²) in [6.45, 7) is 2.44. The van der Waals surface area contributed by atoms with Crippen LogP contribution in [0, 0.1) is 0 Å². The van der Waals surface area contributed by atoms with Crippen LogP contribution in [0.25, 0.3) is 0 Å². The zero-order chi connectivity index (χ0) is 71.7. The molecular formula is C55H104N26O14. The van der Waals surface area contributed by atoms with E-state index in [9.17, 15) is 67.7 Å². The summed E-state index contributed by atoms with van der Waals surface area (Å²) in [7, 11) is 0. The van der Waals surface area contributed by atoms with Gasteiger partial charge in [-0.2, -0.15) is 0 Å². The third kappa shape index (κ3) is 34.9. The molecule has 0 aromatic carbocycles. The van der Waals surface area contributed by atoms with Gasteiger partial charge in [-0.15, -0.1) is 0 Å². The van der Waals surface area contributed by atoms with Crippen molar-refractivity contribution in [1.82, 2.24) is 52.8 Å². The third-order valence-corrected chi connectivity index (χ3v) is 14.6. The fraction of sp³-hybridized carbons (Fsp3) is 0.709. The number of carbonyl (C=O) groups is 12. The number of nitrogens with two attached hydrogens (primary N) is 12. The van der Waals surface area contributed by atoms with Crippen LogP contribution in [0.2, 0.25) is 0 Å². The van der Waals surface area contributed by atoms with E-state index in [0.29, 0.717) is 25.7 Å². The third-order valence-electron chi connectivity index (χ3n) is 14.6. The van der Waals surface area contributed by atoms with Crippen LogP contribution in [0.15, 0.2) is 20.0 Å². The predicted octanol–water partition coefficient (Wildman–Crippen LogP) is -10.5. The van der Waals surface area contributed by atoms with Gasteiger partial charge in [-0.1, -0.05) is 0 Å². The largest absolute Gasteiger partial charge is 0.481 e. The highest BCUT2D eigenvalue weighted by Gasteiger charge is 2.40. The number of carbonyl (C=O) groups excluding carboxylic acids is 11. The summed E-state index contributed by atoms with van der Waals surface area (Å²) in [5, 5.41) is 42.7.